The highest BCUT2D eigenvalue weighted by Gasteiger charge is 2.04. The van der Waals surface area contributed by atoms with Crippen molar-refractivity contribution in [3.05, 3.63) is 14.7 Å². The van der Waals surface area contributed by atoms with Crippen LogP contribution >= 0.6 is 27.3 Å². The SMILES string of the molecule is COc1cc(C=O)sc1Br. The molecular weight excluding hydrogens is 216 g/mol. The maximum atomic E-state index is 10.2. The molecule has 1 rings (SSSR count). The van der Waals surface area contributed by atoms with Crippen LogP contribution in [-0.2, 0) is 0 Å². The van der Waals surface area contributed by atoms with Gasteiger partial charge >= 0.3 is 0 Å². The molecule has 0 bridgehead atoms. The Labute approximate surface area is 70.9 Å². The van der Waals surface area contributed by atoms with Crippen LogP contribution in [-0.4, -0.2) is 13.4 Å². The van der Waals surface area contributed by atoms with Crippen LogP contribution in [0.25, 0.3) is 0 Å². The normalized spacial score (nSPS) is 9.40. The van der Waals surface area contributed by atoms with Crippen LogP contribution in [0, 0.1) is 0 Å². The number of rotatable bonds is 2. The van der Waals surface area contributed by atoms with Crippen molar-refractivity contribution in [1.82, 2.24) is 0 Å². The van der Waals surface area contributed by atoms with Gasteiger partial charge in [0.1, 0.15) is 9.54 Å². The number of hydrogen-bond donors (Lipinski definition) is 0. The molecule has 0 aliphatic rings. The summed E-state index contributed by atoms with van der Waals surface area (Å²) in [5.74, 6) is 0.715. The fourth-order valence-electron chi connectivity index (χ4n) is 0.566. The third-order valence-electron chi connectivity index (χ3n) is 1.01. The van der Waals surface area contributed by atoms with Crippen LogP contribution < -0.4 is 4.74 Å². The molecule has 1 heterocycles. The van der Waals surface area contributed by atoms with Gasteiger partial charge in [-0.1, -0.05) is 0 Å². The van der Waals surface area contributed by atoms with Gasteiger partial charge in [0.15, 0.2) is 6.29 Å². The maximum Gasteiger partial charge on any atom is 0.160 e. The minimum absolute atomic E-state index is 0.670. The van der Waals surface area contributed by atoms with Crippen LogP contribution in [0.3, 0.4) is 0 Å². The Morgan fingerprint density at radius 2 is 2.50 bits per heavy atom. The minimum Gasteiger partial charge on any atom is -0.495 e. The Morgan fingerprint density at radius 1 is 1.80 bits per heavy atom. The summed E-state index contributed by atoms with van der Waals surface area (Å²) in [6.07, 6.45) is 0.804. The number of methoxy groups -OCH3 is 1. The number of aldehydes is 1. The van der Waals surface area contributed by atoms with Gasteiger partial charge in [-0.2, -0.15) is 0 Å². The van der Waals surface area contributed by atoms with E-state index in [2.05, 4.69) is 15.9 Å². The molecule has 0 aromatic carbocycles. The lowest BCUT2D eigenvalue weighted by Gasteiger charge is -1.91. The number of thiophene rings is 1. The van der Waals surface area contributed by atoms with Gasteiger partial charge in [-0.05, 0) is 15.9 Å². The van der Waals surface area contributed by atoms with E-state index in [9.17, 15) is 4.79 Å². The van der Waals surface area contributed by atoms with E-state index < -0.39 is 0 Å². The molecule has 0 amide bonds. The Balaban J connectivity index is 3.03. The number of hydrogen-bond acceptors (Lipinski definition) is 3. The summed E-state index contributed by atoms with van der Waals surface area (Å²) in [5, 5.41) is 0. The van der Waals surface area contributed by atoms with Crippen LogP contribution in [0.15, 0.2) is 9.85 Å². The van der Waals surface area contributed by atoms with E-state index in [0.717, 1.165) is 10.1 Å². The first kappa shape index (κ1) is 7.75. The lowest BCUT2D eigenvalue weighted by molar-refractivity contribution is 0.112. The smallest absolute Gasteiger partial charge is 0.160 e. The highest BCUT2D eigenvalue weighted by molar-refractivity contribution is 9.11. The third-order valence-corrected chi connectivity index (χ3v) is 2.72. The van der Waals surface area contributed by atoms with Gasteiger partial charge in [-0.15, -0.1) is 11.3 Å². The van der Waals surface area contributed by atoms with E-state index in [0.29, 0.717) is 10.6 Å². The number of carbonyl (C=O) groups is 1. The highest BCUT2D eigenvalue weighted by atomic mass is 79.9. The summed E-state index contributed by atoms with van der Waals surface area (Å²) in [4.78, 5) is 10.9. The van der Waals surface area contributed by atoms with Crippen molar-refractivity contribution in [2.45, 2.75) is 0 Å². The molecule has 4 heteroatoms. The molecule has 0 unspecified atom stereocenters. The summed E-state index contributed by atoms with van der Waals surface area (Å²) in [6, 6.07) is 1.70. The summed E-state index contributed by atoms with van der Waals surface area (Å²) in [5.41, 5.74) is 0. The molecule has 0 saturated carbocycles. The number of carbonyl (C=O) groups excluding carboxylic acids is 1. The summed E-state index contributed by atoms with van der Waals surface area (Å²) in [7, 11) is 1.57. The fourth-order valence-corrected chi connectivity index (χ4v) is 2.07. The summed E-state index contributed by atoms with van der Waals surface area (Å²) >= 11 is 4.62. The molecule has 0 saturated heterocycles. The minimum atomic E-state index is 0.670. The van der Waals surface area contributed by atoms with Crippen molar-refractivity contribution in [3.63, 3.8) is 0 Å². The second-order valence-corrected chi connectivity index (χ2v) is 4.01. The molecule has 0 N–H and O–H groups in total. The summed E-state index contributed by atoms with van der Waals surface area (Å²) in [6.45, 7) is 0. The standard InChI is InChI=1S/C6H5BrO2S/c1-9-5-2-4(3-8)10-6(5)7/h2-3H,1H3. The van der Waals surface area contributed by atoms with Gasteiger partial charge in [0, 0.05) is 6.07 Å². The van der Waals surface area contributed by atoms with Crippen molar-refractivity contribution >= 4 is 33.6 Å². The number of halogens is 1. The first-order valence-electron chi connectivity index (χ1n) is 2.56. The highest BCUT2D eigenvalue weighted by Crippen LogP contribution is 2.33. The number of ether oxygens (including phenoxy) is 1. The molecule has 0 fully saturated rings. The average molecular weight is 221 g/mol. The van der Waals surface area contributed by atoms with Gasteiger partial charge in [0.05, 0.1) is 12.0 Å². The summed E-state index contributed by atoms with van der Waals surface area (Å²) < 4.78 is 5.79. The Kier molecular flexibility index (Phi) is 2.45. The van der Waals surface area contributed by atoms with Crippen molar-refractivity contribution in [2.75, 3.05) is 7.11 Å². The second-order valence-electron chi connectivity index (χ2n) is 1.61. The molecule has 0 spiro atoms. The molecule has 0 aliphatic heterocycles. The van der Waals surface area contributed by atoms with E-state index in [4.69, 9.17) is 4.74 Å². The quantitative estimate of drug-likeness (QED) is 0.716. The van der Waals surface area contributed by atoms with Crippen molar-refractivity contribution in [1.29, 1.82) is 0 Å². The van der Waals surface area contributed by atoms with Gasteiger partial charge in [-0.25, -0.2) is 0 Å². The van der Waals surface area contributed by atoms with Crippen LogP contribution in [0.5, 0.6) is 5.75 Å². The van der Waals surface area contributed by atoms with Crippen LogP contribution in [0.2, 0.25) is 0 Å². The maximum absolute atomic E-state index is 10.2. The first-order valence-corrected chi connectivity index (χ1v) is 4.17. The van der Waals surface area contributed by atoms with Crippen LogP contribution in [0.4, 0.5) is 0 Å². The molecule has 2 nitrogen and oxygen atoms in total. The zero-order chi connectivity index (χ0) is 7.56. The van der Waals surface area contributed by atoms with Crippen molar-refractivity contribution in [2.24, 2.45) is 0 Å². The second kappa shape index (κ2) is 3.16. The Bertz CT molecular complexity index is 244. The van der Waals surface area contributed by atoms with Gasteiger partial charge in [-0.3, -0.25) is 4.79 Å². The van der Waals surface area contributed by atoms with Gasteiger partial charge in [0.25, 0.3) is 0 Å². The topological polar surface area (TPSA) is 26.3 Å². The average Bonchev–Trinajstić information content (AvgIpc) is 2.30. The largest absolute Gasteiger partial charge is 0.495 e. The molecule has 1 aromatic rings. The molecule has 0 atom stereocenters. The molecule has 0 aliphatic carbocycles. The van der Waals surface area contributed by atoms with Crippen LogP contribution in [0.1, 0.15) is 9.67 Å². The fraction of sp³-hybridized carbons (Fsp3) is 0.167. The Hall–Kier alpha value is -0.350. The first-order chi connectivity index (χ1) is 4.77. The lowest BCUT2D eigenvalue weighted by atomic mass is 10.5. The monoisotopic (exact) mass is 220 g/mol. The zero-order valence-electron chi connectivity index (χ0n) is 5.26. The zero-order valence-corrected chi connectivity index (χ0v) is 7.66. The lowest BCUT2D eigenvalue weighted by Crippen LogP contribution is -1.77. The molecular formula is C6H5BrO2S. The molecule has 10 heavy (non-hydrogen) atoms. The van der Waals surface area contributed by atoms with E-state index in [-0.39, 0.29) is 0 Å². The van der Waals surface area contributed by atoms with Crippen molar-refractivity contribution < 1.29 is 9.53 Å². The van der Waals surface area contributed by atoms with E-state index in [1.165, 1.54) is 11.3 Å². The van der Waals surface area contributed by atoms with Crippen molar-refractivity contribution in [3.8, 4) is 5.75 Å². The molecule has 0 radical (unpaired) electrons. The molecule has 1 aromatic heterocycles. The predicted octanol–water partition coefficient (Wildman–Crippen LogP) is 2.33. The predicted molar refractivity (Wildman–Crippen MR) is 44.0 cm³/mol. The van der Waals surface area contributed by atoms with Gasteiger partial charge < -0.3 is 4.74 Å². The third kappa shape index (κ3) is 1.38. The van der Waals surface area contributed by atoms with E-state index in [1.807, 2.05) is 0 Å². The Morgan fingerprint density at radius 3 is 2.80 bits per heavy atom. The molecule has 54 valence electrons. The van der Waals surface area contributed by atoms with E-state index in [1.54, 1.807) is 13.2 Å². The van der Waals surface area contributed by atoms with Gasteiger partial charge in [0.2, 0.25) is 0 Å². The van der Waals surface area contributed by atoms with E-state index >= 15 is 0 Å².